The van der Waals surface area contributed by atoms with E-state index in [-0.39, 0.29) is 24.3 Å². The number of nitrogens with one attached hydrogen (secondary N) is 1. The lowest BCUT2D eigenvalue weighted by Gasteiger charge is -2.35. The fraction of sp³-hybridized carbons (Fsp3) is 0.480. The lowest BCUT2D eigenvalue weighted by atomic mass is 9.88. The molecule has 32 heavy (non-hydrogen) atoms. The standard InChI is InChI=1S/C24H31N3O2.CO2/c1-15(2)17(4)25-24(28)27-11-10-22-20(13-27)21-14-29-16(3)12-19(21)23(26-22)18-8-6-5-7-9-18;2-1-3/h5-9,15-17H,10-14H2,1-4H3,(H,25,28);/t16-,17+;/m0./s1. The van der Waals surface area contributed by atoms with Gasteiger partial charge in [0, 0.05) is 43.2 Å². The van der Waals surface area contributed by atoms with Gasteiger partial charge < -0.3 is 15.0 Å². The second-order valence-electron chi connectivity index (χ2n) is 8.77. The molecule has 4 rings (SSSR count). The summed E-state index contributed by atoms with van der Waals surface area (Å²) in [5.41, 5.74) is 7.06. The number of pyridine rings is 1. The van der Waals surface area contributed by atoms with Crippen LogP contribution in [0.25, 0.3) is 11.3 Å². The zero-order chi connectivity index (χ0) is 23.3. The molecule has 0 saturated heterocycles. The molecule has 0 bridgehead atoms. The van der Waals surface area contributed by atoms with Crippen molar-refractivity contribution in [3.05, 3.63) is 52.7 Å². The van der Waals surface area contributed by atoms with Crippen molar-refractivity contribution in [2.24, 2.45) is 5.92 Å². The SMILES string of the molecule is CC(C)[C@@H](C)NC(=O)N1CCc2nc(-c3ccccc3)c3c(c2C1)CO[C@@H](C)C3.O=C=O. The maximum absolute atomic E-state index is 12.8. The molecule has 0 spiro atoms. The Labute approximate surface area is 189 Å². The lowest BCUT2D eigenvalue weighted by Crippen LogP contribution is -2.47. The Hall–Kier alpha value is -3.02. The zero-order valence-corrected chi connectivity index (χ0v) is 19.2. The molecule has 170 valence electrons. The third kappa shape index (κ3) is 5.23. The van der Waals surface area contributed by atoms with Crippen molar-refractivity contribution in [1.29, 1.82) is 0 Å². The van der Waals surface area contributed by atoms with Crippen LogP contribution in [0.1, 0.15) is 50.1 Å². The van der Waals surface area contributed by atoms with Gasteiger partial charge >= 0.3 is 12.2 Å². The molecule has 2 amide bonds. The third-order valence-electron chi connectivity index (χ3n) is 6.27. The van der Waals surface area contributed by atoms with Crippen LogP contribution in [-0.4, -0.2) is 40.8 Å². The van der Waals surface area contributed by atoms with E-state index in [9.17, 15) is 4.79 Å². The van der Waals surface area contributed by atoms with Crippen molar-refractivity contribution in [2.75, 3.05) is 6.54 Å². The molecule has 0 unspecified atom stereocenters. The highest BCUT2D eigenvalue weighted by molar-refractivity contribution is 5.75. The highest BCUT2D eigenvalue weighted by Gasteiger charge is 2.30. The molecule has 1 N–H and O–H groups in total. The minimum Gasteiger partial charge on any atom is -0.373 e. The van der Waals surface area contributed by atoms with E-state index in [0.29, 0.717) is 25.6 Å². The predicted molar refractivity (Wildman–Crippen MR) is 120 cm³/mol. The van der Waals surface area contributed by atoms with E-state index in [2.05, 4.69) is 57.3 Å². The van der Waals surface area contributed by atoms with Crippen molar-refractivity contribution in [2.45, 2.75) is 65.8 Å². The number of carbonyl (C=O) groups excluding carboxylic acids is 3. The number of rotatable bonds is 3. The molecule has 0 aliphatic carbocycles. The van der Waals surface area contributed by atoms with Crippen LogP contribution in [0.15, 0.2) is 30.3 Å². The molecule has 0 saturated carbocycles. The topological polar surface area (TPSA) is 88.6 Å². The van der Waals surface area contributed by atoms with Gasteiger partial charge in [0.15, 0.2) is 0 Å². The molecule has 2 aromatic rings. The first-order chi connectivity index (χ1) is 15.3. The van der Waals surface area contributed by atoms with Crippen molar-refractivity contribution in [3.63, 3.8) is 0 Å². The molecule has 2 atom stereocenters. The Kier molecular flexibility index (Phi) is 7.78. The van der Waals surface area contributed by atoms with Gasteiger partial charge in [-0.3, -0.25) is 4.98 Å². The number of amides is 2. The smallest absolute Gasteiger partial charge is 0.373 e. The molecule has 1 aromatic carbocycles. The second kappa shape index (κ2) is 10.5. The van der Waals surface area contributed by atoms with Gasteiger partial charge in [-0.2, -0.15) is 9.59 Å². The molecule has 3 heterocycles. The van der Waals surface area contributed by atoms with Gasteiger partial charge in [0.05, 0.1) is 18.4 Å². The molecule has 1 aromatic heterocycles. The summed E-state index contributed by atoms with van der Waals surface area (Å²) < 4.78 is 6.01. The maximum atomic E-state index is 12.8. The van der Waals surface area contributed by atoms with Gasteiger partial charge in [-0.1, -0.05) is 44.2 Å². The van der Waals surface area contributed by atoms with E-state index >= 15 is 0 Å². The molecule has 0 radical (unpaired) electrons. The summed E-state index contributed by atoms with van der Waals surface area (Å²) in [6.07, 6.45) is 2.07. The zero-order valence-electron chi connectivity index (χ0n) is 19.2. The molecule has 2 aliphatic rings. The number of aromatic nitrogens is 1. The van der Waals surface area contributed by atoms with E-state index in [4.69, 9.17) is 19.3 Å². The average Bonchev–Trinajstić information content (AvgIpc) is 2.79. The summed E-state index contributed by atoms with van der Waals surface area (Å²) in [5, 5.41) is 3.14. The van der Waals surface area contributed by atoms with Crippen LogP contribution in [0, 0.1) is 5.92 Å². The average molecular weight is 438 g/mol. The van der Waals surface area contributed by atoms with Gasteiger partial charge in [-0.05, 0) is 36.5 Å². The Morgan fingerprint density at radius 3 is 2.50 bits per heavy atom. The monoisotopic (exact) mass is 437 g/mol. The number of hydrogen-bond acceptors (Lipinski definition) is 5. The highest BCUT2D eigenvalue weighted by atomic mass is 16.5. The first-order valence-electron chi connectivity index (χ1n) is 11.1. The van der Waals surface area contributed by atoms with Crippen molar-refractivity contribution in [1.82, 2.24) is 15.2 Å². The Morgan fingerprint density at radius 2 is 1.84 bits per heavy atom. The van der Waals surface area contributed by atoms with Gasteiger partial charge in [0.2, 0.25) is 0 Å². The van der Waals surface area contributed by atoms with E-state index < -0.39 is 0 Å². The molecule has 0 fully saturated rings. The molecular weight excluding hydrogens is 406 g/mol. The van der Waals surface area contributed by atoms with E-state index in [1.807, 2.05) is 11.0 Å². The van der Waals surface area contributed by atoms with Crippen molar-refractivity contribution >= 4 is 12.2 Å². The van der Waals surface area contributed by atoms with E-state index in [0.717, 1.165) is 29.8 Å². The Morgan fingerprint density at radius 1 is 1.16 bits per heavy atom. The summed E-state index contributed by atoms with van der Waals surface area (Å²) in [5.74, 6) is 0.411. The van der Waals surface area contributed by atoms with Crippen LogP contribution in [0.2, 0.25) is 0 Å². The van der Waals surface area contributed by atoms with Crippen molar-refractivity contribution < 1.29 is 19.1 Å². The van der Waals surface area contributed by atoms with Crippen LogP contribution < -0.4 is 5.32 Å². The van der Waals surface area contributed by atoms with E-state index in [1.54, 1.807) is 0 Å². The minimum absolute atomic E-state index is 0.0165. The minimum atomic E-state index is 0.0165. The normalized spacial score (nSPS) is 17.9. The summed E-state index contributed by atoms with van der Waals surface area (Å²) in [7, 11) is 0. The number of nitrogens with zero attached hydrogens (tertiary/aromatic N) is 2. The van der Waals surface area contributed by atoms with Crippen molar-refractivity contribution in [3.8, 4) is 11.3 Å². The van der Waals surface area contributed by atoms with E-state index in [1.165, 1.54) is 16.7 Å². The molecular formula is C25H31N3O4. The number of carbonyl (C=O) groups is 1. The summed E-state index contributed by atoms with van der Waals surface area (Å²) in [4.78, 5) is 36.1. The number of hydrogen-bond donors (Lipinski definition) is 1. The quantitative estimate of drug-likeness (QED) is 0.790. The Bertz CT molecular complexity index is 984. The van der Waals surface area contributed by atoms with Gasteiger partial charge in [-0.25, -0.2) is 4.79 Å². The van der Waals surface area contributed by atoms with Crippen LogP contribution in [0.3, 0.4) is 0 Å². The fourth-order valence-corrected chi connectivity index (χ4v) is 4.10. The predicted octanol–water partition coefficient (Wildman–Crippen LogP) is 3.74. The first kappa shape index (κ1) is 23.6. The van der Waals surface area contributed by atoms with Crippen LogP contribution in [-0.2, 0) is 40.3 Å². The number of benzene rings is 1. The number of ether oxygens (including phenoxy) is 1. The number of fused-ring (bicyclic) bond motifs is 3. The summed E-state index contributed by atoms with van der Waals surface area (Å²) in [6, 6.07) is 10.6. The lowest BCUT2D eigenvalue weighted by molar-refractivity contribution is -0.191. The third-order valence-corrected chi connectivity index (χ3v) is 6.27. The fourth-order valence-electron chi connectivity index (χ4n) is 4.10. The maximum Gasteiger partial charge on any atom is 0.373 e. The highest BCUT2D eigenvalue weighted by Crippen LogP contribution is 2.35. The van der Waals surface area contributed by atoms with Crippen LogP contribution in [0.5, 0.6) is 0 Å². The van der Waals surface area contributed by atoms with Gasteiger partial charge in [0.25, 0.3) is 0 Å². The van der Waals surface area contributed by atoms with Crippen LogP contribution in [0.4, 0.5) is 4.79 Å². The number of urea groups is 1. The molecule has 7 heteroatoms. The first-order valence-corrected chi connectivity index (χ1v) is 11.1. The summed E-state index contributed by atoms with van der Waals surface area (Å²) in [6.45, 7) is 10.3. The summed E-state index contributed by atoms with van der Waals surface area (Å²) >= 11 is 0. The van der Waals surface area contributed by atoms with Gasteiger partial charge in [0.1, 0.15) is 0 Å². The second-order valence-corrected chi connectivity index (χ2v) is 8.77. The largest absolute Gasteiger partial charge is 0.373 e. The molecule has 2 aliphatic heterocycles. The molecule has 7 nitrogen and oxygen atoms in total. The van der Waals surface area contributed by atoms with Crippen LogP contribution >= 0.6 is 0 Å². The Balaban J connectivity index is 0.000000913. The van der Waals surface area contributed by atoms with Gasteiger partial charge in [-0.15, -0.1) is 0 Å².